The third-order valence-corrected chi connectivity index (χ3v) is 3.91. The Hall–Kier alpha value is -1.29. The highest BCUT2D eigenvalue weighted by Crippen LogP contribution is 2.21. The Labute approximate surface area is 110 Å². The molecule has 1 aromatic carbocycles. The van der Waals surface area contributed by atoms with Gasteiger partial charge in [0.05, 0.1) is 5.69 Å². The van der Waals surface area contributed by atoms with E-state index in [2.05, 4.69) is 46.0 Å². The van der Waals surface area contributed by atoms with E-state index in [0.29, 0.717) is 5.95 Å². The summed E-state index contributed by atoms with van der Waals surface area (Å²) in [5.41, 5.74) is 10.5. The molecule has 0 spiro atoms. The van der Waals surface area contributed by atoms with Crippen molar-refractivity contribution in [3.05, 3.63) is 45.2 Å². The van der Waals surface area contributed by atoms with Gasteiger partial charge in [-0.1, -0.05) is 28.1 Å². The third kappa shape index (κ3) is 2.36. The molecule has 0 aliphatic carbocycles. The van der Waals surface area contributed by atoms with Gasteiger partial charge >= 0.3 is 0 Å². The lowest BCUT2D eigenvalue weighted by atomic mass is 10.1. The van der Waals surface area contributed by atoms with Crippen molar-refractivity contribution in [2.24, 2.45) is 7.05 Å². The summed E-state index contributed by atoms with van der Waals surface area (Å²) in [6, 6.07) is 6.41. The summed E-state index contributed by atoms with van der Waals surface area (Å²) in [7, 11) is 1.95. The number of aryl methyl sites for hydroxylation is 2. The van der Waals surface area contributed by atoms with Crippen molar-refractivity contribution in [1.29, 1.82) is 0 Å². The van der Waals surface area contributed by atoms with Crippen molar-refractivity contribution in [3.63, 3.8) is 0 Å². The molecule has 0 saturated carbocycles. The minimum absolute atomic E-state index is 0.573. The van der Waals surface area contributed by atoms with Crippen LogP contribution in [0.4, 0.5) is 5.95 Å². The maximum Gasteiger partial charge on any atom is 0.200 e. The number of halogens is 1. The summed E-state index contributed by atoms with van der Waals surface area (Å²) in [5.74, 6) is 0.573. The zero-order valence-corrected chi connectivity index (χ0v) is 11.9. The van der Waals surface area contributed by atoms with Gasteiger partial charge in [-0.05, 0) is 31.0 Å². The lowest BCUT2D eigenvalue weighted by Gasteiger charge is -2.07. The van der Waals surface area contributed by atoms with E-state index in [1.54, 1.807) is 0 Å². The van der Waals surface area contributed by atoms with Crippen molar-refractivity contribution in [1.82, 2.24) is 9.55 Å². The van der Waals surface area contributed by atoms with Crippen LogP contribution in [0, 0.1) is 13.8 Å². The maximum atomic E-state index is 5.79. The summed E-state index contributed by atoms with van der Waals surface area (Å²) in [6.45, 7) is 4.08. The minimum Gasteiger partial charge on any atom is -0.369 e. The molecule has 0 aliphatic rings. The highest BCUT2D eigenvalue weighted by molar-refractivity contribution is 9.10. The quantitative estimate of drug-likeness (QED) is 0.925. The van der Waals surface area contributed by atoms with Crippen LogP contribution in [0.25, 0.3) is 0 Å². The number of nitrogens with zero attached hydrogens (tertiary/aromatic N) is 2. The molecule has 90 valence electrons. The predicted molar refractivity (Wildman–Crippen MR) is 74.0 cm³/mol. The number of hydrogen-bond donors (Lipinski definition) is 1. The van der Waals surface area contributed by atoms with Crippen LogP contribution in [-0.2, 0) is 13.5 Å². The van der Waals surface area contributed by atoms with Crippen molar-refractivity contribution in [2.75, 3.05) is 5.73 Å². The molecule has 2 aromatic rings. The van der Waals surface area contributed by atoms with E-state index in [1.165, 1.54) is 16.8 Å². The van der Waals surface area contributed by atoms with Crippen LogP contribution in [0.5, 0.6) is 0 Å². The fraction of sp³-hybridized carbons (Fsp3) is 0.308. The molecule has 0 unspecified atom stereocenters. The van der Waals surface area contributed by atoms with Crippen molar-refractivity contribution in [3.8, 4) is 0 Å². The van der Waals surface area contributed by atoms with E-state index in [9.17, 15) is 0 Å². The molecule has 0 fully saturated rings. The zero-order chi connectivity index (χ0) is 12.6. The van der Waals surface area contributed by atoms with Crippen LogP contribution in [0.1, 0.15) is 22.5 Å². The van der Waals surface area contributed by atoms with Crippen molar-refractivity contribution < 1.29 is 0 Å². The lowest BCUT2D eigenvalue weighted by molar-refractivity contribution is 0.852. The first-order chi connectivity index (χ1) is 7.99. The first kappa shape index (κ1) is 12.2. The minimum atomic E-state index is 0.573. The van der Waals surface area contributed by atoms with E-state index < -0.39 is 0 Å². The van der Waals surface area contributed by atoms with Crippen LogP contribution < -0.4 is 5.73 Å². The van der Waals surface area contributed by atoms with Gasteiger partial charge in [0.15, 0.2) is 5.95 Å². The molecule has 2 rings (SSSR count). The van der Waals surface area contributed by atoms with Gasteiger partial charge in [-0.2, -0.15) is 0 Å². The SMILES string of the molecule is Cc1ccc(Cc2c(C)nc(N)n2C)cc1Br. The van der Waals surface area contributed by atoms with Crippen molar-refractivity contribution >= 4 is 21.9 Å². The number of imidazole rings is 1. The molecular formula is C13H16BrN3. The van der Waals surface area contributed by atoms with Crippen LogP contribution >= 0.6 is 15.9 Å². The monoisotopic (exact) mass is 293 g/mol. The van der Waals surface area contributed by atoms with Gasteiger partial charge in [-0.25, -0.2) is 4.98 Å². The first-order valence-electron chi connectivity index (χ1n) is 5.51. The predicted octanol–water partition coefficient (Wildman–Crippen LogP) is 2.97. The van der Waals surface area contributed by atoms with E-state index >= 15 is 0 Å². The van der Waals surface area contributed by atoms with Gasteiger partial charge < -0.3 is 10.3 Å². The molecule has 0 aliphatic heterocycles. The second kappa shape index (κ2) is 4.53. The van der Waals surface area contributed by atoms with Gasteiger partial charge in [-0.15, -0.1) is 0 Å². The molecule has 1 heterocycles. The van der Waals surface area contributed by atoms with Gasteiger partial charge in [-0.3, -0.25) is 0 Å². The van der Waals surface area contributed by atoms with Crippen LogP contribution in [0.15, 0.2) is 22.7 Å². The number of benzene rings is 1. The molecule has 17 heavy (non-hydrogen) atoms. The van der Waals surface area contributed by atoms with E-state index in [4.69, 9.17) is 5.73 Å². The Bertz CT molecular complexity index is 558. The van der Waals surface area contributed by atoms with Crippen LogP contribution in [0.3, 0.4) is 0 Å². The average molecular weight is 294 g/mol. The Balaban J connectivity index is 2.34. The highest BCUT2D eigenvalue weighted by atomic mass is 79.9. The summed E-state index contributed by atoms with van der Waals surface area (Å²) >= 11 is 3.55. The van der Waals surface area contributed by atoms with E-state index in [0.717, 1.165) is 16.6 Å². The maximum absolute atomic E-state index is 5.79. The average Bonchev–Trinajstić information content (AvgIpc) is 2.50. The standard InChI is InChI=1S/C13H16BrN3/c1-8-4-5-10(6-11(8)14)7-12-9(2)16-13(15)17(12)3/h4-6H,7H2,1-3H3,(H2,15,16). The van der Waals surface area contributed by atoms with E-state index in [-0.39, 0.29) is 0 Å². The molecule has 0 amide bonds. The van der Waals surface area contributed by atoms with Gasteiger partial charge in [0.1, 0.15) is 0 Å². The number of nitrogens with two attached hydrogens (primary N) is 1. The molecule has 2 N–H and O–H groups in total. The Morgan fingerprint density at radius 2 is 2.06 bits per heavy atom. The lowest BCUT2D eigenvalue weighted by Crippen LogP contribution is -2.02. The Morgan fingerprint density at radius 1 is 1.35 bits per heavy atom. The Morgan fingerprint density at radius 3 is 2.59 bits per heavy atom. The summed E-state index contributed by atoms with van der Waals surface area (Å²) in [4.78, 5) is 4.28. The molecule has 0 bridgehead atoms. The highest BCUT2D eigenvalue weighted by Gasteiger charge is 2.10. The second-order valence-corrected chi connectivity index (χ2v) is 5.18. The van der Waals surface area contributed by atoms with Gasteiger partial charge in [0.2, 0.25) is 0 Å². The molecular weight excluding hydrogens is 278 g/mol. The molecule has 0 atom stereocenters. The Kier molecular flexibility index (Phi) is 3.24. The molecule has 3 nitrogen and oxygen atoms in total. The first-order valence-corrected chi connectivity index (χ1v) is 6.31. The molecule has 0 saturated heterocycles. The number of hydrogen-bond acceptors (Lipinski definition) is 2. The van der Waals surface area contributed by atoms with E-state index in [1.807, 2.05) is 18.5 Å². The number of anilines is 1. The van der Waals surface area contributed by atoms with Gasteiger partial charge in [0, 0.05) is 23.6 Å². The van der Waals surface area contributed by atoms with Crippen molar-refractivity contribution in [2.45, 2.75) is 20.3 Å². The second-order valence-electron chi connectivity index (χ2n) is 4.32. The topological polar surface area (TPSA) is 43.8 Å². The van der Waals surface area contributed by atoms with Crippen LogP contribution in [0.2, 0.25) is 0 Å². The fourth-order valence-corrected chi connectivity index (χ4v) is 2.30. The summed E-state index contributed by atoms with van der Waals surface area (Å²) in [5, 5.41) is 0. The number of nitrogen functional groups attached to an aromatic ring is 1. The normalized spacial score (nSPS) is 10.8. The molecule has 1 aromatic heterocycles. The number of aromatic nitrogens is 2. The smallest absolute Gasteiger partial charge is 0.200 e. The largest absolute Gasteiger partial charge is 0.369 e. The number of rotatable bonds is 2. The summed E-state index contributed by atoms with van der Waals surface area (Å²) in [6.07, 6.45) is 0.853. The zero-order valence-electron chi connectivity index (χ0n) is 10.3. The fourth-order valence-electron chi connectivity index (χ4n) is 1.88. The third-order valence-electron chi connectivity index (χ3n) is 3.06. The summed E-state index contributed by atoms with van der Waals surface area (Å²) < 4.78 is 3.09. The molecule has 0 radical (unpaired) electrons. The van der Waals surface area contributed by atoms with Gasteiger partial charge in [0.25, 0.3) is 0 Å². The molecule has 4 heteroatoms. The van der Waals surface area contributed by atoms with Crippen LogP contribution in [-0.4, -0.2) is 9.55 Å².